The van der Waals surface area contributed by atoms with Gasteiger partial charge in [-0.2, -0.15) is 0 Å². The number of nitro benzene ring substituents is 1. The third-order valence-electron chi connectivity index (χ3n) is 2.66. The summed E-state index contributed by atoms with van der Waals surface area (Å²) in [6, 6.07) is 4.90. The second kappa shape index (κ2) is 5.14. The number of aryl methyl sites for hydroxylation is 1. The third kappa shape index (κ3) is 2.65. The molecule has 5 nitrogen and oxygen atoms in total. The number of anilines is 1. The maximum atomic E-state index is 10.7. The lowest BCUT2D eigenvalue weighted by Crippen LogP contribution is -2.17. The van der Waals surface area contributed by atoms with Gasteiger partial charge in [-0.3, -0.25) is 10.1 Å². The Balaban J connectivity index is 2.20. The fourth-order valence-electron chi connectivity index (χ4n) is 1.80. The molecule has 2 rings (SSSR count). The molecule has 0 aliphatic heterocycles. The van der Waals surface area contributed by atoms with Crippen LogP contribution in [0.2, 0.25) is 0 Å². The molecule has 0 atom stereocenters. The van der Waals surface area contributed by atoms with E-state index in [1.165, 1.54) is 6.07 Å². The van der Waals surface area contributed by atoms with Gasteiger partial charge in [-0.1, -0.05) is 0 Å². The lowest BCUT2D eigenvalue weighted by Gasteiger charge is -2.19. The van der Waals surface area contributed by atoms with E-state index < -0.39 is 0 Å². The molecule has 0 N–H and O–H groups in total. The van der Waals surface area contributed by atoms with Crippen LogP contribution < -0.4 is 4.90 Å². The summed E-state index contributed by atoms with van der Waals surface area (Å²) in [7, 11) is 1.95. The molecule has 1 aromatic carbocycles. The van der Waals surface area contributed by atoms with Crippen LogP contribution in [0.3, 0.4) is 0 Å². The fourth-order valence-corrected chi connectivity index (χ4v) is 2.47. The molecule has 1 aromatic heterocycles. The highest BCUT2D eigenvalue weighted by atomic mass is 32.1. The van der Waals surface area contributed by atoms with Gasteiger partial charge in [0.2, 0.25) is 0 Å². The van der Waals surface area contributed by atoms with Crippen LogP contribution in [0, 0.1) is 17.0 Å². The highest BCUT2D eigenvalue weighted by molar-refractivity contribution is 7.09. The summed E-state index contributed by atoms with van der Waals surface area (Å²) >= 11 is 1.60. The topological polar surface area (TPSA) is 59.3 Å². The number of rotatable bonds is 4. The first-order chi connectivity index (χ1) is 8.58. The van der Waals surface area contributed by atoms with E-state index in [9.17, 15) is 10.1 Å². The van der Waals surface area contributed by atoms with E-state index in [0.29, 0.717) is 6.54 Å². The maximum absolute atomic E-state index is 10.7. The molecule has 2 aromatic rings. The first-order valence-corrected chi connectivity index (χ1v) is 6.30. The lowest BCUT2D eigenvalue weighted by atomic mass is 10.1. The van der Waals surface area contributed by atoms with E-state index >= 15 is 0 Å². The molecule has 0 aliphatic carbocycles. The third-order valence-corrected chi connectivity index (χ3v) is 3.42. The number of thiazole rings is 1. The number of hydrogen-bond acceptors (Lipinski definition) is 5. The minimum atomic E-state index is -0.377. The summed E-state index contributed by atoms with van der Waals surface area (Å²) in [6.45, 7) is 2.58. The van der Waals surface area contributed by atoms with Crippen molar-refractivity contribution in [2.45, 2.75) is 13.5 Å². The van der Waals surface area contributed by atoms with Crippen LogP contribution in [0.4, 0.5) is 11.4 Å². The van der Waals surface area contributed by atoms with Crippen LogP contribution in [0.15, 0.2) is 29.8 Å². The minimum absolute atomic E-state index is 0.124. The van der Waals surface area contributed by atoms with Crippen molar-refractivity contribution in [1.82, 2.24) is 4.98 Å². The number of benzene rings is 1. The SMILES string of the molecule is Cc1cc([N+](=O)[O-])ccc1N(C)Cc1nccs1. The highest BCUT2D eigenvalue weighted by Gasteiger charge is 2.11. The van der Waals surface area contributed by atoms with Gasteiger partial charge in [-0.25, -0.2) is 4.98 Å². The van der Waals surface area contributed by atoms with Gasteiger partial charge in [-0.15, -0.1) is 11.3 Å². The largest absolute Gasteiger partial charge is 0.368 e. The first-order valence-electron chi connectivity index (χ1n) is 5.42. The number of aromatic nitrogens is 1. The Bertz CT molecular complexity index is 554. The van der Waals surface area contributed by atoms with Gasteiger partial charge < -0.3 is 4.90 Å². The Kier molecular flexibility index (Phi) is 3.57. The molecule has 0 radical (unpaired) electrons. The molecule has 0 saturated carbocycles. The van der Waals surface area contributed by atoms with E-state index in [0.717, 1.165) is 16.3 Å². The zero-order valence-corrected chi connectivity index (χ0v) is 11.0. The molecule has 94 valence electrons. The Morgan fingerprint density at radius 3 is 2.83 bits per heavy atom. The van der Waals surface area contributed by atoms with Crippen LogP contribution in [0.5, 0.6) is 0 Å². The normalized spacial score (nSPS) is 10.3. The number of nitro groups is 1. The van der Waals surface area contributed by atoms with Crippen molar-refractivity contribution in [2.75, 3.05) is 11.9 Å². The van der Waals surface area contributed by atoms with Crippen molar-refractivity contribution >= 4 is 22.7 Å². The number of non-ortho nitro benzene ring substituents is 1. The highest BCUT2D eigenvalue weighted by Crippen LogP contribution is 2.25. The van der Waals surface area contributed by atoms with E-state index in [2.05, 4.69) is 4.98 Å². The fraction of sp³-hybridized carbons (Fsp3) is 0.250. The monoisotopic (exact) mass is 263 g/mol. The van der Waals surface area contributed by atoms with Crippen molar-refractivity contribution in [1.29, 1.82) is 0 Å². The molecule has 0 amide bonds. The summed E-state index contributed by atoms with van der Waals surface area (Å²) in [6.07, 6.45) is 1.77. The first kappa shape index (κ1) is 12.5. The molecule has 0 aliphatic rings. The average molecular weight is 263 g/mol. The lowest BCUT2D eigenvalue weighted by molar-refractivity contribution is -0.384. The van der Waals surface area contributed by atoms with Crippen LogP contribution in [-0.2, 0) is 6.54 Å². The number of hydrogen-bond donors (Lipinski definition) is 0. The standard InChI is InChI=1S/C12H13N3O2S/c1-9-7-10(15(16)17)3-4-11(9)14(2)8-12-13-5-6-18-12/h3-7H,8H2,1-2H3. The summed E-state index contributed by atoms with van der Waals surface area (Å²) in [5, 5.41) is 13.6. The van der Waals surface area contributed by atoms with Gasteiger partial charge in [0.05, 0.1) is 11.5 Å². The predicted octanol–water partition coefficient (Wildman–Crippen LogP) is 3.00. The van der Waals surface area contributed by atoms with Crippen molar-refractivity contribution in [3.63, 3.8) is 0 Å². The predicted molar refractivity (Wildman–Crippen MR) is 72.1 cm³/mol. The van der Waals surface area contributed by atoms with Gasteiger partial charge in [0.15, 0.2) is 0 Å². The molecule has 0 bridgehead atoms. The van der Waals surface area contributed by atoms with Crippen LogP contribution in [0.1, 0.15) is 10.6 Å². The van der Waals surface area contributed by atoms with Crippen LogP contribution in [0.25, 0.3) is 0 Å². The van der Waals surface area contributed by atoms with Gasteiger partial charge in [0.1, 0.15) is 5.01 Å². The Morgan fingerprint density at radius 2 is 2.28 bits per heavy atom. The average Bonchev–Trinajstić information content (AvgIpc) is 2.81. The quantitative estimate of drug-likeness (QED) is 0.628. The number of nitrogens with zero attached hydrogens (tertiary/aromatic N) is 3. The molecule has 0 saturated heterocycles. The minimum Gasteiger partial charge on any atom is -0.368 e. The molecule has 6 heteroatoms. The molecular weight excluding hydrogens is 250 g/mol. The molecule has 18 heavy (non-hydrogen) atoms. The summed E-state index contributed by atoms with van der Waals surface area (Å²) in [4.78, 5) is 16.6. The van der Waals surface area contributed by atoms with Crippen LogP contribution in [-0.4, -0.2) is 17.0 Å². The maximum Gasteiger partial charge on any atom is 0.269 e. The second-order valence-electron chi connectivity index (χ2n) is 4.01. The second-order valence-corrected chi connectivity index (χ2v) is 4.99. The molecular formula is C12H13N3O2S. The summed E-state index contributed by atoms with van der Waals surface area (Å²) < 4.78 is 0. The van der Waals surface area contributed by atoms with Crippen molar-refractivity contribution in [3.05, 3.63) is 50.5 Å². The van der Waals surface area contributed by atoms with E-state index in [4.69, 9.17) is 0 Å². The van der Waals surface area contributed by atoms with Gasteiger partial charge in [-0.05, 0) is 18.6 Å². The van der Waals surface area contributed by atoms with E-state index in [-0.39, 0.29) is 10.6 Å². The molecule has 1 heterocycles. The Hall–Kier alpha value is -1.95. The molecule has 0 fully saturated rings. The smallest absolute Gasteiger partial charge is 0.269 e. The zero-order chi connectivity index (χ0) is 13.1. The zero-order valence-electron chi connectivity index (χ0n) is 10.2. The van der Waals surface area contributed by atoms with Crippen molar-refractivity contribution in [2.24, 2.45) is 0 Å². The summed E-state index contributed by atoms with van der Waals surface area (Å²) in [5.41, 5.74) is 2.00. The van der Waals surface area contributed by atoms with Crippen LogP contribution >= 0.6 is 11.3 Å². The van der Waals surface area contributed by atoms with Gasteiger partial charge in [0.25, 0.3) is 5.69 Å². The molecule has 0 unspecified atom stereocenters. The van der Waals surface area contributed by atoms with Gasteiger partial charge >= 0.3 is 0 Å². The summed E-state index contributed by atoms with van der Waals surface area (Å²) in [5.74, 6) is 0. The van der Waals surface area contributed by atoms with Gasteiger partial charge in [0, 0.05) is 36.4 Å². The van der Waals surface area contributed by atoms with Crippen molar-refractivity contribution < 1.29 is 4.92 Å². The molecule has 0 spiro atoms. The Morgan fingerprint density at radius 1 is 1.50 bits per heavy atom. The van der Waals surface area contributed by atoms with Crippen molar-refractivity contribution in [3.8, 4) is 0 Å². The Labute approximate surface area is 109 Å². The van der Waals surface area contributed by atoms with E-state index in [1.54, 1.807) is 29.7 Å². The van der Waals surface area contributed by atoms with E-state index in [1.807, 2.05) is 24.3 Å².